The van der Waals surface area contributed by atoms with E-state index in [1.165, 1.54) is 20.3 Å². The first kappa shape index (κ1) is 20.9. The van der Waals surface area contributed by atoms with Crippen LogP contribution < -0.4 is 20.1 Å². The molecular formula is C19H20FIN2O4. The Morgan fingerprint density at radius 2 is 1.59 bits per heavy atom. The fourth-order valence-corrected chi connectivity index (χ4v) is 3.00. The van der Waals surface area contributed by atoms with Crippen molar-refractivity contribution in [2.75, 3.05) is 27.3 Å². The lowest BCUT2D eigenvalue weighted by Gasteiger charge is -2.12. The second kappa shape index (κ2) is 9.54. The van der Waals surface area contributed by atoms with Gasteiger partial charge in [-0.25, -0.2) is 4.39 Å². The molecule has 2 aromatic rings. The van der Waals surface area contributed by atoms with Crippen molar-refractivity contribution in [1.82, 2.24) is 10.6 Å². The highest BCUT2D eigenvalue weighted by atomic mass is 127. The average molecular weight is 486 g/mol. The number of methoxy groups -OCH3 is 2. The first-order valence-corrected chi connectivity index (χ1v) is 9.19. The second-order valence-electron chi connectivity index (χ2n) is 5.66. The first-order valence-electron chi connectivity index (χ1n) is 8.11. The molecule has 0 radical (unpaired) electrons. The Hall–Kier alpha value is -2.36. The fourth-order valence-electron chi connectivity index (χ4n) is 2.31. The van der Waals surface area contributed by atoms with Crippen molar-refractivity contribution in [3.63, 3.8) is 0 Å². The molecule has 0 aliphatic heterocycles. The summed E-state index contributed by atoms with van der Waals surface area (Å²) in [7, 11) is 3.02. The van der Waals surface area contributed by atoms with Crippen molar-refractivity contribution in [3.05, 3.63) is 56.4 Å². The van der Waals surface area contributed by atoms with Gasteiger partial charge in [-0.3, -0.25) is 9.59 Å². The van der Waals surface area contributed by atoms with Crippen LogP contribution in [0.2, 0.25) is 0 Å². The third-order valence-electron chi connectivity index (χ3n) is 3.85. The van der Waals surface area contributed by atoms with Crippen molar-refractivity contribution >= 4 is 34.4 Å². The smallest absolute Gasteiger partial charge is 0.252 e. The molecule has 0 atom stereocenters. The van der Waals surface area contributed by atoms with E-state index in [2.05, 4.69) is 10.6 Å². The average Bonchev–Trinajstić information content (AvgIpc) is 2.66. The molecular weight excluding hydrogens is 466 g/mol. The van der Waals surface area contributed by atoms with Crippen LogP contribution in [-0.4, -0.2) is 39.1 Å². The van der Waals surface area contributed by atoms with Gasteiger partial charge >= 0.3 is 0 Å². The number of aryl methyl sites for hydroxylation is 1. The van der Waals surface area contributed by atoms with Gasteiger partial charge in [-0.1, -0.05) is 6.07 Å². The molecule has 2 N–H and O–H groups in total. The van der Waals surface area contributed by atoms with E-state index < -0.39 is 11.7 Å². The van der Waals surface area contributed by atoms with E-state index in [1.54, 1.807) is 31.2 Å². The standard InChI is InChI=1S/C19H20FIN2O4/c1-11-4-5-12(8-14(11)20)18(24)22-6-7-23-19(25)13-9-16(26-2)17(27-3)10-15(13)21/h4-5,8-10H,6-7H2,1-3H3,(H,22,24)(H,23,25). The van der Waals surface area contributed by atoms with Gasteiger partial charge in [0.25, 0.3) is 11.8 Å². The second-order valence-corrected chi connectivity index (χ2v) is 6.82. The summed E-state index contributed by atoms with van der Waals surface area (Å²) in [4.78, 5) is 24.4. The zero-order valence-corrected chi connectivity index (χ0v) is 17.3. The molecule has 0 unspecified atom stereocenters. The third kappa shape index (κ3) is 5.31. The molecule has 8 heteroatoms. The van der Waals surface area contributed by atoms with E-state index in [4.69, 9.17) is 9.47 Å². The summed E-state index contributed by atoms with van der Waals surface area (Å²) < 4.78 is 24.6. The molecule has 27 heavy (non-hydrogen) atoms. The van der Waals surface area contributed by atoms with E-state index in [9.17, 15) is 14.0 Å². The maximum atomic E-state index is 13.5. The Labute approximate surface area is 170 Å². The van der Waals surface area contributed by atoms with E-state index >= 15 is 0 Å². The van der Waals surface area contributed by atoms with Crippen LogP contribution in [0.4, 0.5) is 4.39 Å². The fraction of sp³-hybridized carbons (Fsp3) is 0.263. The molecule has 0 aliphatic carbocycles. The summed E-state index contributed by atoms with van der Waals surface area (Å²) >= 11 is 2.04. The van der Waals surface area contributed by atoms with Crippen molar-refractivity contribution in [3.8, 4) is 11.5 Å². The summed E-state index contributed by atoms with van der Waals surface area (Å²) in [6, 6.07) is 7.60. The van der Waals surface area contributed by atoms with Crippen LogP contribution in [-0.2, 0) is 0 Å². The minimum Gasteiger partial charge on any atom is -0.493 e. The summed E-state index contributed by atoms with van der Waals surface area (Å²) in [5, 5.41) is 5.37. The quantitative estimate of drug-likeness (QED) is 0.467. The van der Waals surface area contributed by atoms with Crippen LogP contribution >= 0.6 is 22.6 Å². The van der Waals surface area contributed by atoms with Crippen LogP contribution in [0.3, 0.4) is 0 Å². The van der Waals surface area contributed by atoms with Crippen molar-refractivity contribution in [2.24, 2.45) is 0 Å². The molecule has 0 aliphatic rings. The van der Waals surface area contributed by atoms with Gasteiger partial charge in [-0.2, -0.15) is 0 Å². The third-order valence-corrected chi connectivity index (χ3v) is 4.74. The largest absolute Gasteiger partial charge is 0.493 e. The predicted molar refractivity (Wildman–Crippen MR) is 108 cm³/mol. The lowest BCUT2D eigenvalue weighted by atomic mass is 10.1. The van der Waals surface area contributed by atoms with Gasteiger partial charge in [-0.05, 0) is 59.3 Å². The van der Waals surface area contributed by atoms with Gasteiger partial charge in [0.05, 0.1) is 19.8 Å². The van der Waals surface area contributed by atoms with Crippen LogP contribution in [0.5, 0.6) is 11.5 Å². The molecule has 0 heterocycles. The van der Waals surface area contributed by atoms with Gasteiger partial charge in [-0.15, -0.1) is 0 Å². The Morgan fingerprint density at radius 3 is 2.19 bits per heavy atom. The number of halogens is 2. The number of rotatable bonds is 7. The van der Waals surface area contributed by atoms with E-state index in [0.717, 1.165) is 0 Å². The molecule has 0 aromatic heterocycles. The molecule has 6 nitrogen and oxygen atoms in total. The number of nitrogens with one attached hydrogen (secondary N) is 2. The number of ether oxygens (including phenoxy) is 2. The Bertz CT molecular complexity index is 858. The van der Waals surface area contributed by atoms with Crippen molar-refractivity contribution < 1.29 is 23.5 Å². The topological polar surface area (TPSA) is 76.7 Å². The molecule has 0 saturated heterocycles. The SMILES string of the molecule is COc1cc(I)c(C(=O)NCCNC(=O)c2ccc(C)c(F)c2)cc1OC. The monoisotopic (exact) mass is 486 g/mol. The molecule has 144 valence electrons. The van der Waals surface area contributed by atoms with Crippen molar-refractivity contribution in [1.29, 1.82) is 0 Å². The Morgan fingerprint density at radius 1 is 1.00 bits per heavy atom. The molecule has 2 rings (SSSR count). The zero-order chi connectivity index (χ0) is 20.0. The van der Waals surface area contributed by atoms with Gasteiger partial charge < -0.3 is 20.1 Å². The highest BCUT2D eigenvalue weighted by Gasteiger charge is 2.15. The molecule has 2 aromatic carbocycles. The summed E-state index contributed by atoms with van der Waals surface area (Å²) in [5.41, 5.74) is 1.15. The van der Waals surface area contributed by atoms with Crippen LogP contribution in [0.25, 0.3) is 0 Å². The van der Waals surface area contributed by atoms with E-state index in [0.29, 0.717) is 26.2 Å². The highest BCUT2D eigenvalue weighted by molar-refractivity contribution is 14.1. The van der Waals surface area contributed by atoms with Gasteiger partial charge in [0, 0.05) is 22.2 Å². The van der Waals surface area contributed by atoms with Gasteiger partial charge in [0.1, 0.15) is 5.82 Å². The number of amides is 2. The Balaban J connectivity index is 1.91. The van der Waals surface area contributed by atoms with Gasteiger partial charge in [0.2, 0.25) is 0 Å². The molecule has 0 bridgehead atoms. The van der Waals surface area contributed by atoms with Crippen molar-refractivity contribution in [2.45, 2.75) is 6.92 Å². The van der Waals surface area contributed by atoms with Gasteiger partial charge in [0.15, 0.2) is 11.5 Å². The lowest BCUT2D eigenvalue weighted by Crippen LogP contribution is -2.35. The number of carbonyl (C=O) groups excluding carboxylic acids is 2. The van der Waals surface area contributed by atoms with Crippen LogP contribution in [0, 0.1) is 16.3 Å². The van der Waals surface area contributed by atoms with E-state index in [1.807, 2.05) is 22.6 Å². The number of hydrogen-bond acceptors (Lipinski definition) is 4. The number of benzene rings is 2. The normalized spacial score (nSPS) is 10.3. The van der Waals surface area contributed by atoms with Crippen LogP contribution in [0.15, 0.2) is 30.3 Å². The summed E-state index contributed by atoms with van der Waals surface area (Å²) in [6.07, 6.45) is 0. The molecule has 0 spiro atoms. The van der Waals surface area contributed by atoms with E-state index in [-0.39, 0.29) is 24.6 Å². The van der Waals surface area contributed by atoms with Crippen LogP contribution in [0.1, 0.15) is 26.3 Å². The minimum atomic E-state index is -0.431. The Kier molecular flexibility index (Phi) is 7.40. The predicted octanol–water partition coefficient (Wildman–Crippen LogP) is 2.92. The number of hydrogen-bond donors (Lipinski definition) is 2. The number of carbonyl (C=O) groups is 2. The minimum absolute atomic E-state index is 0.212. The maximum absolute atomic E-state index is 13.5. The lowest BCUT2D eigenvalue weighted by molar-refractivity contribution is 0.0927. The first-order chi connectivity index (χ1) is 12.9. The summed E-state index contributed by atoms with van der Waals surface area (Å²) in [6.45, 7) is 2.06. The molecule has 0 saturated carbocycles. The summed E-state index contributed by atoms with van der Waals surface area (Å²) in [5.74, 6) is -0.132. The zero-order valence-electron chi connectivity index (χ0n) is 15.2. The highest BCUT2D eigenvalue weighted by Crippen LogP contribution is 2.31. The molecule has 0 fully saturated rings. The maximum Gasteiger partial charge on any atom is 0.252 e. The molecule has 2 amide bonds.